The Bertz CT molecular complexity index is 1020. The number of methoxy groups -OCH3 is 4. The molecule has 0 aliphatic heterocycles. The van der Waals surface area contributed by atoms with E-state index in [1.807, 2.05) is 68.4 Å². The van der Waals surface area contributed by atoms with Crippen LogP contribution in [-0.2, 0) is 0 Å². The van der Waals surface area contributed by atoms with Crippen molar-refractivity contribution in [1.29, 1.82) is 0 Å². The minimum Gasteiger partial charge on any atom is -0.494 e. The number of aromatic nitrogens is 1. The first-order valence-electron chi connectivity index (χ1n) is 10.0. The van der Waals surface area contributed by atoms with Crippen molar-refractivity contribution in [2.45, 2.75) is 13.8 Å². The van der Waals surface area contributed by atoms with E-state index in [1.165, 1.54) is 0 Å². The lowest BCUT2D eigenvalue weighted by Gasteiger charge is -2.11. The second-order valence-corrected chi connectivity index (χ2v) is 6.82. The number of rotatable bonds is 8. The van der Waals surface area contributed by atoms with Crippen molar-refractivity contribution in [2.75, 3.05) is 28.4 Å². The van der Waals surface area contributed by atoms with Crippen molar-refractivity contribution in [2.24, 2.45) is 9.98 Å². The number of ether oxygens (including phenoxy) is 4. The van der Waals surface area contributed by atoms with Gasteiger partial charge in [-0.3, -0.25) is 0 Å². The van der Waals surface area contributed by atoms with Gasteiger partial charge in [-0.15, -0.1) is 0 Å². The van der Waals surface area contributed by atoms with Crippen molar-refractivity contribution < 1.29 is 18.9 Å². The topological polar surface area (TPSA) is 74.5 Å². The Balaban J connectivity index is 2.01. The number of aliphatic imine (C=N–C) groups is 2. The first-order chi connectivity index (χ1) is 15.5. The monoisotopic (exact) mass is 433 g/mol. The maximum absolute atomic E-state index is 5.45. The summed E-state index contributed by atoms with van der Waals surface area (Å²) in [6.45, 7) is 3.79. The van der Waals surface area contributed by atoms with Gasteiger partial charge in [0.25, 0.3) is 0 Å². The van der Waals surface area contributed by atoms with Crippen LogP contribution < -0.4 is 18.9 Å². The molecule has 0 aliphatic rings. The fourth-order valence-corrected chi connectivity index (χ4v) is 3.17. The minimum absolute atomic E-state index is 0.617. The fourth-order valence-electron chi connectivity index (χ4n) is 3.17. The van der Waals surface area contributed by atoms with E-state index in [2.05, 4.69) is 0 Å². The molecule has 0 radical (unpaired) electrons. The van der Waals surface area contributed by atoms with E-state index < -0.39 is 0 Å². The minimum atomic E-state index is 0.617. The van der Waals surface area contributed by atoms with Crippen LogP contribution in [0.1, 0.15) is 25.2 Å². The van der Waals surface area contributed by atoms with Gasteiger partial charge in [-0.1, -0.05) is 18.2 Å². The molecule has 0 N–H and O–H groups in total. The lowest BCUT2D eigenvalue weighted by molar-refractivity contribution is 0.397. The molecule has 0 unspecified atom stereocenters. The first-order valence-corrected chi connectivity index (χ1v) is 10.0. The van der Waals surface area contributed by atoms with E-state index in [-0.39, 0.29) is 0 Å². The molecule has 3 rings (SSSR count). The summed E-state index contributed by atoms with van der Waals surface area (Å²) < 4.78 is 21.8. The molecule has 32 heavy (non-hydrogen) atoms. The van der Waals surface area contributed by atoms with E-state index in [4.69, 9.17) is 33.9 Å². The Morgan fingerprint density at radius 3 is 1.19 bits per heavy atom. The molecule has 0 aliphatic carbocycles. The van der Waals surface area contributed by atoms with Gasteiger partial charge in [0.2, 0.25) is 0 Å². The van der Waals surface area contributed by atoms with Crippen LogP contribution in [0, 0.1) is 0 Å². The first kappa shape index (κ1) is 22.8. The molecule has 7 nitrogen and oxygen atoms in total. The zero-order valence-corrected chi connectivity index (χ0v) is 19.2. The number of pyridine rings is 1. The Hall–Kier alpha value is -3.87. The zero-order chi connectivity index (χ0) is 23.1. The molecule has 0 atom stereocenters. The Morgan fingerprint density at radius 2 is 0.875 bits per heavy atom. The molecule has 3 aromatic rings. The van der Waals surface area contributed by atoms with Crippen molar-refractivity contribution in [3.05, 3.63) is 66.0 Å². The summed E-state index contributed by atoms with van der Waals surface area (Å²) in [5, 5.41) is 0. The van der Waals surface area contributed by atoms with Crippen LogP contribution in [0.2, 0.25) is 0 Å². The highest BCUT2D eigenvalue weighted by Gasteiger charge is 2.13. The predicted octanol–water partition coefficient (Wildman–Crippen LogP) is 5.40. The number of hydrogen-bond acceptors (Lipinski definition) is 7. The molecule has 166 valence electrons. The summed E-state index contributed by atoms with van der Waals surface area (Å²) in [6.07, 6.45) is 0. The van der Waals surface area contributed by atoms with Gasteiger partial charge in [0.05, 0.1) is 51.3 Å². The molecule has 1 aromatic heterocycles. The third-order valence-corrected chi connectivity index (χ3v) is 4.85. The maximum atomic E-state index is 5.45. The quantitative estimate of drug-likeness (QED) is 0.445. The summed E-state index contributed by atoms with van der Waals surface area (Å²) >= 11 is 0. The highest BCUT2D eigenvalue weighted by molar-refractivity contribution is 6.03. The number of benzene rings is 2. The molecule has 7 heteroatoms. The second-order valence-electron chi connectivity index (χ2n) is 6.82. The number of hydrogen-bond donors (Lipinski definition) is 0. The lowest BCUT2D eigenvalue weighted by Crippen LogP contribution is -2.05. The molecule has 0 amide bonds. The van der Waals surface area contributed by atoms with E-state index in [9.17, 15) is 0 Å². The van der Waals surface area contributed by atoms with Gasteiger partial charge in [0.15, 0.2) is 0 Å². The highest BCUT2D eigenvalue weighted by atomic mass is 16.5. The van der Waals surface area contributed by atoms with Crippen LogP contribution in [0.4, 0.5) is 11.4 Å². The van der Waals surface area contributed by atoms with Crippen LogP contribution in [-0.4, -0.2) is 44.8 Å². The van der Waals surface area contributed by atoms with Gasteiger partial charge in [0.1, 0.15) is 34.4 Å². The van der Waals surface area contributed by atoms with Crippen molar-refractivity contribution in [3.8, 4) is 23.0 Å². The van der Waals surface area contributed by atoms with Crippen molar-refractivity contribution in [1.82, 2.24) is 4.98 Å². The van der Waals surface area contributed by atoms with E-state index in [0.717, 1.165) is 22.8 Å². The molecule has 1 heterocycles. The normalized spacial score (nSPS) is 11.8. The van der Waals surface area contributed by atoms with E-state index in [1.54, 1.807) is 28.4 Å². The standard InChI is InChI=1S/C25H27N3O4/c1-16(26-24-20(29-3)12-8-13-21(24)30-4)18-10-7-11-19(28-18)17(2)27-25-22(31-5)14-9-15-23(25)32-6/h7-15H,1-6H3/b26-16+,27-17+. The summed E-state index contributed by atoms with van der Waals surface area (Å²) in [6, 6.07) is 16.8. The largest absolute Gasteiger partial charge is 0.494 e. The van der Waals surface area contributed by atoms with Crippen LogP contribution in [0.15, 0.2) is 64.6 Å². The van der Waals surface area contributed by atoms with Crippen LogP contribution in [0.25, 0.3) is 0 Å². The molecule has 0 spiro atoms. The highest BCUT2D eigenvalue weighted by Crippen LogP contribution is 2.38. The Kier molecular flexibility index (Phi) is 7.44. The average molecular weight is 434 g/mol. The Labute approximate surface area is 188 Å². The molecular weight excluding hydrogens is 406 g/mol. The molecule has 0 saturated carbocycles. The molecular formula is C25H27N3O4. The molecule has 2 aromatic carbocycles. The molecule has 0 bridgehead atoms. The average Bonchev–Trinajstić information content (AvgIpc) is 2.84. The molecule has 0 saturated heterocycles. The van der Waals surface area contributed by atoms with E-state index in [0.29, 0.717) is 34.4 Å². The SMILES string of the molecule is COc1cccc(OC)c1/N=C(\C)c1cccc(/C(C)=N/c2c(OC)cccc2OC)n1. The van der Waals surface area contributed by atoms with Gasteiger partial charge in [-0.2, -0.15) is 0 Å². The van der Waals surface area contributed by atoms with Crippen LogP contribution >= 0.6 is 0 Å². The van der Waals surface area contributed by atoms with Crippen LogP contribution in [0.3, 0.4) is 0 Å². The van der Waals surface area contributed by atoms with Gasteiger partial charge in [-0.25, -0.2) is 15.0 Å². The summed E-state index contributed by atoms with van der Waals surface area (Å²) in [5.74, 6) is 2.50. The third-order valence-electron chi connectivity index (χ3n) is 4.85. The zero-order valence-electron chi connectivity index (χ0n) is 19.2. The predicted molar refractivity (Wildman–Crippen MR) is 127 cm³/mol. The smallest absolute Gasteiger partial charge is 0.148 e. The molecule has 0 fully saturated rings. The van der Waals surface area contributed by atoms with Crippen molar-refractivity contribution >= 4 is 22.8 Å². The number of nitrogens with zero attached hydrogens (tertiary/aromatic N) is 3. The fraction of sp³-hybridized carbons (Fsp3) is 0.240. The van der Waals surface area contributed by atoms with E-state index >= 15 is 0 Å². The Morgan fingerprint density at radius 1 is 0.562 bits per heavy atom. The van der Waals surface area contributed by atoms with Gasteiger partial charge < -0.3 is 18.9 Å². The van der Waals surface area contributed by atoms with Gasteiger partial charge in [0, 0.05) is 0 Å². The van der Waals surface area contributed by atoms with Crippen molar-refractivity contribution in [3.63, 3.8) is 0 Å². The van der Waals surface area contributed by atoms with Crippen LogP contribution in [0.5, 0.6) is 23.0 Å². The summed E-state index contributed by atoms with van der Waals surface area (Å²) in [4.78, 5) is 14.2. The second kappa shape index (κ2) is 10.4. The van der Waals surface area contributed by atoms with Gasteiger partial charge in [-0.05, 0) is 50.2 Å². The summed E-state index contributed by atoms with van der Waals surface area (Å²) in [7, 11) is 6.42. The summed E-state index contributed by atoms with van der Waals surface area (Å²) in [5.41, 5.74) is 4.11. The lowest BCUT2D eigenvalue weighted by atomic mass is 10.2. The van der Waals surface area contributed by atoms with Gasteiger partial charge >= 0.3 is 0 Å². The third kappa shape index (κ3) is 4.88. The number of para-hydroxylation sites is 2. The maximum Gasteiger partial charge on any atom is 0.148 e.